The molecule has 0 aliphatic carbocycles. The Morgan fingerprint density at radius 3 is 2.11 bits per heavy atom. The third kappa shape index (κ3) is 4.86. The van der Waals surface area contributed by atoms with Crippen molar-refractivity contribution >= 4 is 28.6 Å². The highest BCUT2D eigenvalue weighted by molar-refractivity contribution is 5.92. The van der Waals surface area contributed by atoms with Crippen LogP contribution in [0.4, 0.5) is 5.69 Å². The van der Waals surface area contributed by atoms with Gasteiger partial charge in [0.1, 0.15) is 22.8 Å². The van der Waals surface area contributed by atoms with Crippen molar-refractivity contribution in [3.8, 4) is 17.2 Å². The number of non-ortho nitro benzene ring substituents is 1. The van der Waals surface area contributed by atoms with Crippen molar-refractivity contribution in [1.29, 1.82) is 0 Å². The molecule has 10 nitrogen and oxygen atoms in total. The summed E-state index contributed by atoms with van der Waals surface area (Å²) in [6, 6.07) is 15.3. The topological polar surface area (TPSA) is 135 Å². The monoisotopic (exact) mass is 475 g/mol. The fraction of sp³-hybridized carbons (Fsp3) is 0.0800. The SMILES string of the molecule is COC(=O)c1ccc(Oc2c(C)oc3cc(OC(=O)c4ccc([N+](=O)[O-])cc4)ccc3c2=O)cc1. The average molecular weight is 475 g/mol. The van der Waals surface area contributed by atoms with Crippen molar-refractivity contribution in [3.63, 3.8) is 0 Å². The van der Waals surface area contributed by atoms with Crippen molar-refractivity contribution in [2.24, 2.45) is 0 Å². The first kappa shape index (κ1) is 23.2. The predicted octanol–water partition coefficient (Wildman–Crippen LogP) is 4.81. The number of nitro benzene ring substituents is 1. The van der Waals surface area contributed by atoms with Gasteiger partial charge in [-0.3, -0.25) is 14.9 Å². The van der Waals surface area contributed by atoms with Gasteiger partial charge in [0, 0.05) is 18.2 Å². The number of fused-ring (bicyclic) bond motifs is 1. The molecule has 35 heavy (non-hydrogen) atoms. The van der Waals surface area contributed by atoms with E-state index in [1.807, 2.05) is 0 Å². The van der Waals surface area contributed by atoms with Gasteiger partial charge in [0.15, 0.2) is 0 Å². The third-order valence-corrected chi connectivity index (χ3v) is 5.01. The summed E-state index contributed by atoms with van der Waals surface area (Å²) in [6.45, 7) is 1.55. The summed E-state index contributed by atoms with van der Waals surface area (Å²) in [4.78, 5) is 47.1. The number of esters is 2. The molecule has 1 aromatic heterocycles. The summed E-state index contributed by atoms with van der Waals surface area (Å²) in [5.41, 5.74) is 0.0408. The zero-order chi connectivity index (χ0) is 25.1. The van der Waals surface area contributed by atoms with Gasteiger partial charge in [0.25, 0.3) is 5.69 Å². The Morgan fingerprint density at radius 2 is 1.49 bits per heavy atom. The Hall–Kier alpha value is -4.99. The lowest BCUT2D eigenvalue weighted by molar-refractivity contribution is -0.384. The Morgan fingerprint density at radius 1 is 0.886 bits per heavy atom. The van der Waals surface area contributed by atoms with Crippen LogP contribution in [0.2, 0.25) is 0 Å². The van der Waals surface area contributed by atoms with Gasteiger partial charge in [0.2, 0.25) is 11.2 Å². The van der Waals surface area contributed by atoms with E-state index < -0.39 is 22.3 Å². The standard InChI is InChI=1S/C25H17NO9/c1-14-23(34-18-9-5-15(6-10-18)24(28)32-2)22(27)20-12-11-19(13-21(20)33-14)35-25(29)16-3-7-17(8-4-16)26(30)31/h3-13H,1-2H3. The fourth-order valence-electron chi connectivity index (χ4n) is 3.23. The molecule has 3 aromatic carbocycles. The Balaban J connectivity index is 1.57. The van der Waals surface area contributed by atoms with Gasteiger partial charge in [-0.05, 0) is 55.5 Å². The van der Waals surface area contributed by atoms with E-state index in [1.165, 1.54) is 73.8 Å². The Labute approximate surface area is 197 Å². The Bertz CT molecular complexity index is 1500. The summed E-state index contributed by atoms with van der Waals surface area (Å²) in [5, 5.41) is 11.0. The van der Waals surface area contributed by atoms with Crippen molar-refractivity contribution in [2.45, 2.75) is 6.92 Å². The van der Waals surface area contributed by atoms with Crippen LogP contribution in [0, 0.1) is 17.0 Å². The largest absolute Gasteiger partial charge is 0.465 e. The van der Waals surface area contributed by atoms with Crippen LogP contribution < -0.4 is 14.9 Å². The molecular weight excluding hydrogens is 458 g/mol. The summed E-state index contributed by atoms with van der Waals surface area (Å²) in [5.74, 6) is -0.620. The van der Waals surface area contributed by atoms with E-state index in [0.29, 0.717) is 11.3 Å². The highest BCUT2D eigenvalue weighted by atomic mass is 16.6. The van der Waals surface area contributed by atoms with Gasteiger partial charge >= 0.3 is 11.9 Å². The minimum atomic E-state index is -0.728. The van der Waals surface area contributed by atoms with Gasteiger partial charge in [0.05, 0.1) is 28.5 Å². The maximum Gasteiger partial charge on any atom is 0.343 e. The van der Waals surface area contributed by atoms with Crippen molar-refractivity contribution in [1.82, 2.24) is 0 Å². The Kier molecular flexibility index (Phi) is 6.27. The number of carbonyl (C=O) groups excluding carboxylic acids is 2. The van der Waals surface area contributed by atoms with E-state index in [-0.39, 0.29) is 39.5 Å². The van der Waals surface area contributed by atoms with Crippen LogP contribution in [0.3, 0.4) is 0 Å². The number of hydrogen-bond acceptors (Lipinski definition) is 9. The van der Waals surface area contributed by atoms with E-state index in [4.69, 9.17) is 13.9 Å². The molecule has 0 saturated heterocycles. The maximum absolute atomic E-state index is 13.0. The van der Waals surface area contributed by atoms with Gasteiger partial charge in [-0.1, -0.05) is 0 Å². The molecule has 1 heterocycles. The summed E-state index contributed by atoms with van der Waals surface area (Å²) in [6.07, 6.45) is 0. The minimum absolute atomic E-state index is 0.0288. The van der Waals surface area contributed by atoms with Crippen LogP contribution in [0.15, 0.2) is 75.9 Å². The molecule has 4 aromatic rings. The molecule has 4 rings (SSSR count). The van der Waals surface area contributed by atoms with E-state index >= 15 is 0 Å². The number of aryl methyl sites for hydroxylation is 1. The van der Waals surface area contributed by atoms with Gasteiger partial charge in [-0.25, -0.2) is 9.59 Å². The smallest absolute Gasteiger partial charge is 0.343 e. The van der Waals surface area contributed by atoms with Gasteiger partial charge in [-0.15, -0.1) is 0 Å². The van der Waals surface area contributed by atoms with Crippen molar-refractivity contribution in [3.05, 3.63) is 104 Å². The van der Waals surface area contributed by atoms with E-state index in [0.717, 1.165) is 0 Å². The van der Waals surface area contributed by atoms with Crippen LogP contribution in [-0.4, -0.2) is 24.0 Å². The molecule has 0 aliphatic heterocycles. The van der Waals surface area contributed by atoms with Crippen LogP contribution >= 0.6 is 0 Å². The first-order valence-corrected chi connectivity index (χ1v) is 10.2. The zero-order valence-electron chi connectivity index (χ0n) is 18.5. The molecule has 0 aliphatic rings. The second-order valence-corrected chi connectivity index (χ2v) is 7.29. The number of methoxy groups -OCH3 is 1. The first-order valence-electron chi connectivity index (χ1n) is 10.2. The normalized spacial score (nSPS) is 10.6. The second kappa shape index (κ2) is 9.48. The van der Waals surface area contributed by atoms with Gasteiger partial charge in [-0.2, -0.15) is 0 Å². The quantitative estimate of drug-likeness (QED) is 0.167. The molecule has 0 N–H and O–H groups in total. The van der Waals surface area contributed by atoms with Crippen LogP contribution in [0.5, 0.6) is 17.2 Å². The lowest BCUT2D eigenvalue weighted by atomic mass is 10.2. The second-order valence-electron chi connectivity index (χ2n) is 7.29. The van der Waals surface area contributed by atoms with E-state index in [1.54, 1.807) is 6.92 Å². The maximum atomic E-state index is 13.0. The van der Waals surface area contributed by atoms with Crippen LogP contribution in [0.25, 0.3) is 11.0 Å². The minimum Gasteiger partial charge on any atom is -0.465 e. The van der Waals surface area contributed by atoms with Crippen LogP contribution in [0.1, 0.15) is 26.5 Å². The summed E-state index contributed by atoms with van der Waals surface area (Å²) >= 11 is 0. The molecular formula is C25H17NO9. The predicted molar refractivity (Wildman–Crippen MR) is 123 cm³/mol. The first-order chi connectivity index (χ1) is 16.8. The lowest BCUT2D eigenvalue weighted by Crippen LogP contribution is -2.10. The molecule has 0 radical (unpaired) electrons. The number of hydrogen-bond donors (Lipinski definition) is 0. The number of ether oxygens (including phenoxy) is 3. The molecule has 0 atom stereocenters. The lowest BCUT2D eigenvalue weighted by Gasteiger charge is -2.10. The molecule has 0 unspecified atom stereocenters. The fourth-order valence-corrected chi connectivity index (χ4v) is 3.23. The zero-order valence-corrected chi connectivity index (χ0v) is 18.5. The number of nitro groups is 1. The number of benzene rings is 3. The molecule has 0 amide bonds. The van der Waals surface area contributed by atoms with Crippen molar-refractivity contribution < 1.29 is 33.1 Å². The number of rotatable bonds is 6. The molecule has 0 spiro atoms. The highest BCUT2D eigenvalue weighted by Gasteiger charge is 2.17. The van der Waals surface area contributed by atoms with E-state index in [9.17, 15) is 24.5 Å². The number of carbonyl (C=O) groups is 2. The molecule has 0 bridgehead atoms. The number of nitrogens with zero attached hydrogens (tertiary/aromatic N) is 1. The molecule has 10 heteroatoms. The van der Waals surface area contributed by atoms with Gasteiger partial charge < -0.3 is 18.6 Å². The summed E-state index contributed by atoms with van der Waals surface area (Å²) in [7, 11) is 1.28. The van der Waals surface area contributed by atoms with Crippen LogP contribution in [-0.2, 0) is 4.74 Å². The third-order valence-electron chi connectivity index (χ3n) is 5.01. The van der Waals surface area contributed by atoms with E-state index in [2.05, 4.69) is 4.74 Å². The molecule has 176 valence electrons. The summed E-state index contributed by atoms with van der Waals surface area (Å²) < 4.78 is 21.4. The average Bonchev–Trinajstić information content (AvgIpc) is 2.86. The molecule has 0 fully saturated rings. The van der Waals surface area contributed by atoms with Crippen molar-refractivity contribution in [2.75, 3.05) is 7.11 Å². The highest BCUT2D eigenvalue weighted by Crippen LogP contribution is 2.28. The molecule has 0 saturated carbocycles.